The number of esters is 1. The first-order chi connectivity index (χ1) is 16.2. The first-order valence-electron chi connectivity index (χ1n) is 12.6. The summed E-state index contributed by atoms with van der Waals surface area (Å²) in [5.41, 5.74) is -7.18. The molecule has 2 aliphatic carbocycles. The van der Waals surface area contributed by atoms with Gasteiger partial charge < -0.3 is 29.5 Å². The fraction of sp³-hybridized carbons (Fsp3) is 0.846. The van der Waals surface area contributed by atoms with Crippen molar-refractivity contribution in [3.8, 4) is 0 Å². The predicted octanol–water partition coefficient (Wildman–Crippen LogP) is 1.25. The zero-order chi connectivity index (χ0) is 26.0. The zero-order valence-electron chi connectivity index (χ0n) is 22.0. The van der Waals surface area contributed by atoms with Gasteiger partial charge in [0.2, 0.25) is 0 Å². The first-order valence-corrected chi connectivity index (χ1v) is 12.6. The number of aliphatic hydroxyl groups is 3. The van der Waals surface area contributed by atoms with E-state index in [9.17, 15) is 24.9 Å². The number of morpholine rings is 1. The highest BCUT2D eigenvalue weighted by atomic mass is 35.5. The number of Topliss-reactive ketones (excluding diaryl/α,β-unsaturated/α-hetero) is 1. The third-order valence-corrected chi connectivity index (χ3v) is 9.44. The van der Waals surface area contributed by atoms with Crippen LogP contribution in [-0.2, 0) is 23.8 Å². The number of fused-ring (bicyclic) bond motifs is 3. The van der Waals surface area contributed by atoms with Gasteiger partial charge in [0.25, 0.3) is 0 Å². The van der Waals surface area contributed by atoms with Crippen LogP contribution in [-0.4, -0.2) is 99.9 Å². The Kier molecular flexibility index (Phi) is 7.86. The molecule has 206 valence electrons. The molecule has 4 aliphatic rings. The van der Waals surface area contributed by atoms with Gasteiger partial charge in [-0.25, -0.2) is 0 Å². The van der Waals surface area contributed by atoms with Gasteiger partial charge in [-0.15, -0.1) is 19.0 Å². The summed E-state index contributed by atoms with van der Waals surface area (Å²) < 4.78 is 17.7. The number of hydrogen-bond donors (Lipinski definition) is 3. The molecule has 4 fully saturated rings. The van der Waals surface area contributed by atoms with Crippen molar-refractivity contribution in [2.75, 3.05) is 32.8 Å². The summed E-state index contributed by atoms with van der Waals surface area (Å²) in [6.45, 7) is 14.7. The Labute approximate surface area is 219 Å². The van der Waals surface area contributed by atoms with E-state index in [-0.39, 0.29) is 25.4 Å². The van der Waals surface area contributed by atoms with Crippen molar-refractivity contribution in [3.63, 3.8) is 0 Å². The normalized spacial score (nSPS) is 46.6. The van der Waals surface area contributed by atoms with Crippen LogP contribution in [0.3, 0.4) is 0 Å². The van der Waals surface area contributed by atoms with E-state index in [4.69, 9.17) is 14.2 Å². The molecule has 3 N–H and O–H groups in total. The molecule has 2 aliphatic heterocycles. The summed E-state index contributed by atoms with van der Waals surface area (Å²) in [5.74, 6) is -1.84. The first kappa shape index (κ1) is 29.5. The number of carbonyl (C=O) groups is 2. The van der Waals surface area contributed by atoms with Crippen molar-refractivity contribution >= 4 is 24.2 Å². The minimum Gasteiger partial charge on any atom is -0.455 e. The maximum absolute atomic E-state index is 13.9. The lowest BCUT2D eigenvalue weighted by Gasteiger charge is -2.71. The summed E-state index contributed by atoms with van der Waals surface area (Å²) >= 11 is 0. The highest BCUT2D eigenvalue weighted by Gasteiger charge is 2.81. The summed E-state index contributed by atoms with van der Waals surface area (Å²) in [7, 11) is 0. The van der Waals surface area contributed by atoms with Crippen molar-refractivity contribution in [2.45, 2.75) is 89.0 Å². The fourth-order valence-electron chi connectivity index (χ4n) is 7.60. The number of ketones is 1. The van der Waals surface area contributed by atoms with E-state index in [2.05, 4.69) is 6.58 Å². The van der Waals surface area contributed by atoms with Crippen molar-refractivity contribution < 1.29 is 39.1 Å². The Balaban J connectivity index is 0.00000361. The number of ether oxygens (including phenoxy) is 3. The highest BCUT2D eigenvalue weighted by Crippen LogP contribution is 2.67. The Bertz CT molecular complexity index is 893. The molecule has 2 saturated heterocycles. The minimum absolute atomic E-state index is 0. The van der Waals surface area contributed by atoms with E-state index < -0.39 is 63.6 Å². The van der Waals surface area contributed by atoms with E-state index in [0.29, 0.717) is 39.1 Å². The molecule has 10 heteroatoms. The molecule has 8 atom stereocenters. The number of hydrogen-bond acceptors (Lipinski definition) is 9. The molecule has 2 saturated carbocycles. The van der Waals surface area contributed by atoms with Crippen molar-refractivity contribution in [1.82, 2.24) is 4.90 Å². The minimum atomic E-state index is -2.21. The van der Waals surface area contributed by atoms with Crippen molar-refractivity contribution in [2.24, 2.45) is 16.7 Å². The van der Waals surface area contributed by atoms with E-state index >= 15 is 0 Å². The maximum Gasteiger partial charge on any atom is 0.320 e. The molecule has 4 rings (SSSR count). The van der Waals surface area contributed by atoms with E-state index in [0.717, 1.165) is 0 Å². The van der Waals surface area contributed by atoms with Crippen LogP contribution < -0.4 is 0 Å². The smallest absolute Gasteiger partial charge is 0.320 e. The molecule has 0 amide bonds. The quantitative estimate of drug-likeness (QED) is 0.363. The van der Waals surface area contributed by atoms with Crippen LogP contribution in [0, 0.1) is 16.7 Å². The molecule has 0 spiro atoms. The monoisotopic (exact) mass is 531 g/mol. The number of carbonyl (C=O) groups excluding carboxylic acids is 2. The van der Waals surface area contributed by atoms with Gasteiger partial charge in [-0.2, -0.15) is 0 Å². The predicted molar refractivity (Wildman–Crippen MR) is 134 cm³/mol. The number of nitrogens with zero attached hydrogens (tertiary/aromatic N) is 1. The summed E-state index contributed by atoms with van der Waals surface area (Å²) in [5, 5.41) is 35.6. The highest BCUT2D eigenvalue weighted by molar-refractivity contribution is 5.92. The van der Waals surface area contributed by atoms with Crippen LogP contribution >= 0.6 is 12.4 Å². The molecule has 4 unspecified atom stereocenters. The average molecular weight is 532 g/mol. The second-order valence-corrected chi connectivity index (χ2v) is 12.1. The lowest BCUT2D eigenvalue weighted by atomic mass is 9.40. The van der Waals surface area contributed by atoms with Crippen LogP contribution in [0.4, 0.5) is 0 Å². The lowest BCUT2D eigenvalue weighted by Crippen LogP contribution is -2.86. The van der Waals surface area contributed by atoms with Crippen LogP contribution in [0.5, 0.6) is 0 Å². The topological polar surface area (TPSA) is 126 Å². The van der Waals surface area contributed by atoms with Gasteiger partial charge in [-0.05, 0) is 32.1 Å². The Morgan fingerprint density at radius 2 is 1.81 bits per heavy atom. The van der Waals surface area contributed by atoms with Crippen LogP contribution in [0.25, 0.3) is 0 Å². The van der Waals surface area contributed by atoms with E-state index in [1.807, 2.05) is 18.7 Å². The lowest BCUT2D eigenvalue weighted by molar-refractivity contribution is -0.370. The average Bonchev–Trinajstić information content (AvgIpc) is 2.78. The maximum atomic E-state index is 13.9. The molecule has 0 radical (unpaired) electrons. The third-order valence-electron chi connectivity index (χ3n) is 9.44. The van der Waals surface area contributed by atoms with Gasteiger partial charge in [0.05, 0.1) is 37.6 Å². The number of rotatable bonds is 4. The Morgan fingerprint density at radius 3 is 2.39 bits per heavy atom. The molecular formula is C26H42ClNO8. The van der Waals surface area contributed by atoms with Crippen LogP contribution in [0.15, 0.2) is 12.7 Å². The Morgan fingerprint density at radius 1 is 1.19 bits per heavy atom. The standard InChI is InChI=1S/C26H41NO8.ClH/c1-7-23(4)14-17(29)26(32)24(5)16(28)8-9-22(2,3)20(24)19(31)21(25(26,6)35-23)34-18(30)15-27-10-12-33-13-11-27;/h7,16,19-21,28,31-32H,1,8-15H2,2-6H3;1H/t16-,19?,20?,21?,23-,24?,25+,26-;/m0./s1. The second-order valence-electron chi connectivity index (χ2n) is 12.1. The summed E-state index contributed by atoms with van der Waals surface area (Å²) in [6, 6.07) is 0. The zero-order valence-corrected chi connectivity index (χ0v) is 22.8. The third kappa shape index (κ3) is 4.06. The molecule has 0 aromatic rings. The molecule has 0 bridgehead atoms. The molecule has 0 aromatic carbocycles. The SMILES string of the molecule is C=C[C@@]1(C)CC(=O)[C@]2(O)C3(C)C(C(O)C(OC(=O)CN4CCOCC4)[C@@]2(C)O1)C(C)(C)CC[C@@H]3O.Cl. The molecule has 9 nitrogen and oxygen atoms in total. The molecule has 2 heterocycles. The van der Waals surface area contributed by atoms with Gasteiger partial charge in [0, 0.05) is 30.8 Å². The largest absolute Gasteiger partial charge is 0.455 e. The van der Waals surface area contributed by atoms with Gasteiger partial charge in [0.1, 0.15) is 5.60 Å². The molecule has 36 heavy (non-hydrogen) atoms. The summed E-state index contributed by atoms with van der Waals surface area (Å²) in [6.07, 6.45) is -1.42. The molecule has 0 aromatic heterocycles. The second kappa shape index (κ2) is 9.59. The fourth-order valence-corrected chi connectivity index (χ4v) is 7.60. The van der Waals surface area contributed by atoms with E-state index in [1.54, 1.807) is 13.8 Å². The van der Waals surface area contributed by atoms with Crippen LogP contribution in [0.2, 0.25) is 0 Å². The van der Waals surface area contributed by atoms with Crippen molar-refractivity contribution in [3.05, 3.63) is 12.7 Å². The van der Waals surface area contributed by atoms with E-state index in [1.165, 1.54) is 13.0 Å². The van der Waals surface area contributed by atoms with Gasteiger partial charge in [-0.3, -0.25) is 14.5 Å². The molecular weight excluding hydrogens is 490 g/mol. The van der Waals surface area contributed by atoms with Gasteiger partial charge in [-0.1, -0.05) is 26.8 Å². The Hall–Kier alpha value is -1.07. The number of aliphatic hydroxyl groups excluding tert-OH is 2. The van der Waals surface area contributed by atoms with Gasteiger partial charge in [0.15, 0.2) is 17.5 Å². The van der Waals surface area contributed by atoms with Gasteiger partial charge >= 0.3 is 5.97 Å². The van der Waals surface area contributed by atoms with Crippen molar-refractivity contribution in [1.29, 1.82) is 0 Å². The van der Waals surface area contributed by atoms with Crippen LogP contribution in [0.1, 0.15) is 53.9 Å². The summed E-state index contributed by atoms with van der Waals surface area (Å²) in [4.78, 5) is 28.9. The number of halogens is 1.